The van der Waals surface area contributed by atoms with Gasteiger partial charge in [-0.2, -0.15) is 4.98 Å². The molecule has 1 aromatic carbocycles. The number of ether oxygens (including phenoxy) is 1. The third-order valence-corrected chi connectivity index (χ3v) is 3.51. The summed E-state index contributed by atoms with van der Waals surface area (Å²) in [5.74, 6) is 0.806. The van der Waals surface area contributed by atoms with E-state index in [2.05, 4.69) is 24.9 Å². The van der Waals surface area contributed by atoms with Crippen LogP contribution >= 0.6 is 11.6 Å². The van der Waals surface area contributed by atoms with Crippen molar-refractivity contribution in [3.63, 3.8) is 0 Å². The van der Waals surface area contributed by atoms with Gasteiger partial charge in [-0.25, -0.2) is 9.97 Å². The molecule has 0 aliphatic rings. The molecule has 0 bridgehead atoms. The van der Waals surface area contributed by atoms with Crippen LogP contribution in [-0.4, -0.2) is 32.0 Å². The van der Waals surface area contributed by atoms with Crippen molar-refractivity contribution in [2.24, 2.45) is 0 Å². The molecule has 3 heterocycles. The van der Waals surface area contributed by atoms with Gasteiger partial charge in [-0.05, 0) is 35.9 Å². The number of methoxy groups -OCH3 is 1. The predicted molar refractivity (Wildman–Crippen MR) is 80.5 cm³/mol. The van der Waals surface area contributed by atoms with Crippen LogP contribution in [0.15, 0.2) is 30.6 Å². The highest BCUT2D eigenvalue weighted by Gasteiger charge is 2.13. The van der Waals surface area contributed by atoms with Crippen molar-refractivity contribution < 1.29 is 4.74 Å². The fraction of sp³-hybridized carbons (Fsp3) is 0.0714. The number of nitrogens with zero attached hydrogens (tertiary/aromatic N) is 3. The van der Waals surface area contributed by atoms with E-state index >= 15 is 0 Å². The summed E-state index contributed by atoms with van der Waals surface area (Å²) >= 11 is 5.97. The second-order valence-electron chi connectivity index (χ2n) is 4.58. The van der Waals surface area contributed by atoms with Crippen LogP contribution in [0.25, 0.3) is 33.5 Å². The number of aromatic amines is 2. The molecule has 2 N–H and O–H groups in total. The maximum Gasteiger partial charge on any atom is 0.225 e. The fourth-order valence-electron chi connectivity index (χ4n) is 2.37. The molecule has 21 heavy (non-hydrogen) atoms. The van der Waals surface area contributed by atoms with Crippen LogP contribution in [0.3, 0.4) is 0 Å². The molecule has 7 heteroatoms. The van der Waals surface area contributed by atoms with Gasteiger partial charge in [0.05, 0.1) is 19.1 Å². The summed E-state index contributed by atoms with van der Waals surface area (Å²) in [5, 5.41) is 1.20. The molecule has 0 aliphatic carbocycles. The number of halogens is 1. The highest BCUT2D eigenvalue weighted by molar-refractivity contribution is 6.28. The number of fused-ring (bicyclic) bond motifs is 2. The molecule has 0 aliphatic heterocycles. The van der Waals surface area contributed by atoms with Crippen LogP contribution in [0.5, 0.6) is 5.75 Å². The lowest BCUT2D eigenvalue weighted by Crippen LogP contribution is -1.90. The van der Waals surface area contributed by atoms with E-state index in [-0.39, 0.29) is 5.28 Å². The first-order chi connectivity index (χ1) is 10.2. The van der Waals surface area contributed by atoms with E-state index in [1.165, 1.54) is 0 Å². The highest BCUT2D eigenvalue weighted by atomic mass is 35.5. The molecule has 0 saturated carbocycles. The van der Waals surface area contributed by atoms with E-state index < -0.39 is 0 Å². The lowest BCUT2D eigenvalue weighted by Gasteiger charge is -1.99. The zero-order valence-electron chi connectivity index (χ0n) is 11.0. The molecule has 104 valence electrons. The third-order valence-electron chi connectivity index (χ3n) is 3.34. The summed E-state index contributed by atoms with van der Waals surface area (Å²) in [6, 6.07) is 7.82. The van der Waals surface area contributed by atoms with Crippen molar-refractivity contribution in [3.05, 3.63) is 35.9 Å². The summed E-state index contributed by atoms with van der Waals surface area (Å²) in [4.78, 5) is 18.9. The van der Waals surface area contributed by atoms with Crippen molar-refractivity contribution in [2.75, 3.05) is 7.11 Å². The van der Waals surface area contributed by atoms with E-state index in [9.17, 15) is 0 Å². The Bertz CT molecular complexity index is 958. The maximum atomic E-state index is 5.97. The van der Waals surface area contributed by atoms with Crippen LogP contribution in [0.1, 0.15) is 0 Å². The van der Waals surface area contributed by atoms with Gasteiger partial charge in [-0.15, -0.1) is 0 Å². The normalized spacial score (nSPS) is 11.3. The van der Waals surface area contributed by atoms with E-state index in [0.717, 1.165) is 27.9 Å². The van der Waals surface area contributed by atoms with Gasteiger partial charge in [0, 0.05) is 10.9 Å². The molecule has 4 rings (SSSR count). The molecule has 0 unspecified atom stereocenters. The van der Waals surface area contributed by atoms with Gasteiger partial charge in [0.25, 0.3) is 0 Å². The standard InChI is InChI=1S/C14H10ClN5O/c1-21-8-2-3-9-7(4-8)5-10(18-9)11-12-13(17-6-16-12)20-14(15)19-11/h2-6,18H,1H3,(H,16,17,19,20). The summed E-state index contributed by atoms with van der Waals surface area (Å²) in [5.41, 5.74) is 3.82. The van der Waals surface area contributed by atoms with Gasteiger partial charge < -0.3 is 14.7 Å². The largest absolute Gasteiger partial charge is 0.497 e. The predicted octanol–water partition coefficient (Wildman–Crippen LogP) is 3.16. The first-order valence-electron chi connectivity index (χ1n) is 6.28. The Kier molecular flexibility index (Phi) is 2.58. The minimum atomic E-state index is 0.167. The SMILES string of the molecule is COc1ccc2[nH]c(-c3nc(Cl)nc4nc[nH]c34)cc2c1. The Morgan fingerprint density at radius 1 is 1.19 bits per heavy atom. The van der Waals surface area contributed by atoms with Gasteiger partial charge in [-0.3, -0.25) is 0 Å². The van der Waals surface area contributed by atoms with E-state index in [1.807, 2.05) is 24.3 Å². The third kappa shape index (κ3) is 1.92. The second-order valence-corrected chi connectivity index (χ2v) is 4.92. The highest BCUT2D eigenvalue weighted by Crippen LogP contribution is 2.29. The Morgan fingerprint density at radius 2 is 2.10 bits per heavy atom. The molecule has 6 nitrogen and oxygen atoms in total. The summed E-state index contributed by atoms with van der Waals surface area (Å²) in [6.45, 7) is 0. The average Bonchev–Trinajstić information content (AvgIpc) is 3.11. The van der Waals surface area contributed by atoms with Crippen LogP contribution < -0.4 is 4.74 Å². The first-order valence-corrected chi connectivity index (χ1v) is 6.66. The van der Waals surface area contributed by atoms with E-state index in [0.29, 0.717) is 11.3 Å². The van der Waals surface area contributed by atoms with Crippen molar-refractivity contribution in [2.45, 2.75) is 0 Å². The topological polar surface area (TPSA) is 79.5 Å². The minimum absolute atomic E-state index is 0.167. The lowest BCUT2D eigenvalue weighted by atomic mass is 10.2. The number of imidazole rings is 1. The Hall–Kier alpha value is -2.60. The van der Waals surface area contributed by atoms with Gasteiger partial charge in [0.15, 0.2) is 5.65 Å². The lowest BCUT2D eigenvalue weighted by molar-refractivity contribution is 0.415. The molecular formula is C14H10ClN5O. The average molecular weight is 300 g/mol. The van der Waals surface area contributed by atoms with Crippen LogP contribution in [-0.2, 0) is 0 Å². The quantitative estimate of drug-likeness (QED) is 0.557. The van der Waals surface area contributed by atoms with Crippen molar-refractivity contribution >= 4 is 33.7 Å². The van der Waals surface area contributed by atoms with Gasteiger partial charge >= 0.3 is 0 Å². The minimum Gasteiger partial charge on any atom is -0.497 e. The number of nitrogens with one attached hydrogen (secondary N) is 2. The number of hydrogen-bond donors (Lipinski definition) is 2. The number of H-pyrrole nitrogens is 2. The van der Waals surface area contributed by atoms with Gasteiger partial charge in [0.2, 0.25) is 5.28 Å². The van der Waals surface area contributed by atoms with Crippen LogP contribution in [0, 0.1) is 0 Å². The van der Waals surface area contributed by atoms with E-state index in [4.69, 9.17) is 16.3 Å². The summed E-state index contributed by atoms with van der Waals surface area (Å²) in [7, 11) is 1.65. The molecule has 0 spiro atoms. The molecule has 4 aromatic rings. The van der Waals surface area contributed by atoms with Crippen molar-refractivity contribution in [1.29, 1.82) is 0 Å². The number of aromatic nitrogens is 5. The molecule has 0 atom stereocenters. The fourth-order valence-corrected chi connectivity index (χ4v) is 2.53. The van der Waals surface area contributed by atoms with Crippen LogP contribution in [0.2, 0.25) is 5.28 Å². The number of hydrogen-bond acceptors (Lipinski definition) is 4. The zero-order chi connectivity index (χ0) is 14.4. The van der Waals surface area contributed by atoms with Gasteiger partial charge in [0.1, 0.15) is 17.0 Å². The molecule has 0 amide bonds. The molecular weight excluding hydrogens is 290 g/mol. The monoisotopic (exact) mass is 299 g/mol. The van der Waals surface area contributed by atoms with Crippen molar-refractivity contribution in [1.82, 2.24) is 24.9 Å². The smallest absolute Gasteiger partial charge is 0.225 e. The number of rotatable bonds is 2. The van der Waals surface area contributed by atoms with E-state index in [1.54, 1.807) is 13.4 Å². The second kappa shape index (κ2) is 4.46. The van der Waals surface area contributed by atoms with Gasteiger partial charge in [-0.1, -0.05) is 0 Å². The Labute approximate surface area is 124 Å². The Balaban J connectivity index is 1.97. The zero-order valence-corrected chi connectivity index (χ0v) is 11.8. The van der Waals surface area contributed by atoms with Crippen molar-refractivity contribution in [3.8, 4) is 17.1 Å². The molecule has 0 saturated heterocycles. The molecule has 0 fully saturated rings. The molecule has 0 radical (unpaired) electrons. The summed E-state index contributed by atoms with van der Waals surface area (Å²) < 4.78 is 5.24. The summed E-state index contributed by atoms with van der Waals surface area (Å²) in [6.07, 6.45) is 1.57. The van der Waals surface area contributed by atoms with Crippen LogP contribution in [0.4, 0.5) is 0 Å². The first kappa shape index (κ1) is 12.2. The number of benzene rings is 1. The Morgan fingerprint density at radius 3 is 2.95 bits per heavy atom. The maximum absolute atomic E-state index is 5.97. The molecule has 3 aromatic heterocycles.